The van der Waals surface area contributed by atoms with Crippen LogP contribution < -0.4 is 4.90 Å². The van der Waals surface area contributed by atoms with Crippen molar-refractivity contribution in [3.8, 4) is 5.69 Å². The van der Waals surface area contributed by atoms with Crippen molar-refractivity contribution < 1.29 is 4.39 Å². The van der Waals surface area contributed by atoms with E-state index in [-0.39, 0.29) is 5.82 Å². The van der Waals surface area contributed by atoms with Gasteiger partial charge in [-0.2, -0.15) is 4.68 Å². The zero-order chi connectivity index (χ0) is 18.6. The van der Waals surface area contributed by atoms with Crippen LogP contribution in [0.15, 0.2) is 54.7 Å². The molecule has 2 aromatic carbocycles. The Labute approximate surface area is 157 Å². The zero-order valence-corrected chi connectivity index (χ0v) is 15.2. The molecule has 0 bridgehead atoms. The lowest BCUT2D eigenvalue weighted by atomic mass is 10.2. The molecule has 1 aromatic heterocycles. The lowest BCUT2D eigenvalue weighted by Gasteiger charge is -2.35. The summed E-state index contributed by atoms with van der Waals surface area (Å²) >= 11 is 0. The molecule has 1 saturated heterocycles. The first kappa shape index (κ1) is 17.2. The fraction of sp³-hybridized carbons (Fsp3) is 0.250. The van der Waals surface area contributed by atoms with Gasteiger partial charge in [-0.3, -0.25) is 0 Å². The summed E-state index contributed by atoms with van der Waals surface area (Å²) in [5.74, 6) is 0.492. The van der Waals surface area contributed by atoms with E-state index in [0.717, 1.165) is 37.6 Å². The van der Waals surface area contributed by atoms with Crippen molar-refractivity contribution in [2.75, 3.05) is 31.1 Å². The maximum absolute atomic E-state index is 13.1. The van der Waals surface area contributed by atoms with Crippen molar-refractivity contribution in [1.82, 2.24) is 25.1 Å². The third-order valence-electron chi connectivity index (χ3n) is 4.71. The average Bonchev–Trinajstić information content (AvgIpc) is 3.17. The van der Waals surface area contributed by atoms with Gasteiger partial charge >= 0.3 is 0 Å². The predicted molar refractivity (Wildman–Crippen MR) is 103 cm³/mol. The standard InChI is InChI=1S/C20H21FN6/c1-16-2-6-19(7-3-16)27-20(22-23-24-27)10-11-25-12-14-26(15-13-25)18-8-4-17(21)5-9-18/h2-11H,12-15H2,1H3/b11-10-. The van der Waals surface area contributed by atoms with Crippen LogP contribution in [0.25, 0.3) is 11.8 Å². The number of hydrogen-bond acceptors (Lipinski definition) is 5. The predicted octanol–water partition coefficient (Wildman–Crippen LogP) is 2.90. The highest BCUT2D eigenvalue weighted by Gasteiger charge is 2.15. The summed E-state index contributed by atoms with van der Waals surface area (Å²) < 4.78 is 14.8. The summed E-state index contributed by atoms with van der Waals surface area (Å²) in [5, 5.41) is 12.0. The molecule has 0 amide bonds. The number of hydrogen-bond donors (Lipinski definition) is 0. The molecule has 2 heterocycles. The molecular weight excluding hydrogens is 343 g/mol. The highest BCUT2D eigenvalue weighted by Crippen LogP contribution is 2.17. The van der Waals surface area contributed by atoms with Crippen LogP contribution in [0.4, 0.5) is 10.1 Å². The van der Waals surface area contributed by atoms with Gasteiger partial charge < -0.3 is 9.80 Å². The van der Waals surface area contributed by atoms with Gasteiger partial charge in [-0.15, -0.1) is 5.10 Å². The Morgan fingerprint density at radius 3 is 2.26 bits per heavy atom. The largest absolute Gasteiger partial charge is 0.374 e. The second kappa shape index (κ2) is 7.57. The number of aryl methyl sites for hydroxylation is 1. The molecule has 1 aliphatic rings. The quantitative estimate of drug-likeness (QED) is 0.712. The first-order chi connectivity index (χ1) is 13.2. The van der Waals surface area contributed by atoms with Gasteiger partial charge in [0.1, 0.15) is 5.82 Å². The minimum absolute atomic E-state index is 0.202. The summed E-state index contributed by atoms with van der Waals surface area (Å²) in [4.78, 5) is 4.51. The molecule has 0 saturated carbocycles. The Balaban J connectivity index is 1.40. The Morgan fingerprint density at radius 1 is 0.889 bits per heavy atom. The molecule has 1 fully saturated rings. The van der Waals surface area contributed by atoms with E-state index in [1.165, 1.54) is 17.7 Å². The van der Waals surface area contributed by atoms with E-state index in [4.69, 9.17) is 0 Å². The Morgan fingerprint density at radius 2 is 1.56 bits per heavy atom. The summed E-state index contributed by atoms with van der Waals surface area (Å²) in [6, 6.07) is 14.8. The number of rotatable bonds is 4. The molecule has 6 nitrogen and oxygen atoms in total. The smallest absolute Gasteiger partial charge is 0.181 e. The van der Waals surface area contributed by atoms with Gasteiger partial charge in [-0.1, -0.05) is 17.7 Å². The van der Waals surface area contributed by atoms with Crippen molar-refractivity contribution >= 4 is 11.8 Å². The van der Waals surface area contributed by atoms with E-state index >= 15 is 0 Å². The van der Waals surface area contributed by atoms with E-state index in [9.17, 15) is 4.39 Å². The fourth-order valence-electron chi connectivity index (χ4n) is 3.12. The van der Waals surface area contributed by atoms with E-state index < -0.39 is 0 Å². The van der Waals surface area contributed by atoms with Gasteiger partial charge in [0, 0.05) is 44.1 Å². The Kier molecular flexibility index (Phi) is 4.82. The van der Waals surface area contributed by atoms with Crippen LogP contribution in [0, 0.1) is 12.7 Å². The molecule has 0 N–H and O–H groups in total. The SMILES string of the molecule is Cc1ccc(-n2nnnc2/C=C\N2CCN(c3ccc(F)cc3)CC2)cc1. The highest BCUT2D eigenvalue weighted by atomic mass is 19.1. The lowest BCUT2D eigenvalue weighted by molar-refractivity contribution is 0.351. The molecule has 0 atom stereocenters. The van der Waals surface area contributed by atoms with Crippen molar-refractivity contribution in [3.05, 3.63) is 71.9 Å². The van der Waals surface area contributed by atoms with Crippen LogP contribution in [-0.2, 0) is 0 Å². The molecule has 7 heteroatoms. The zero-order valence-electron chi connectivity index (χ0n) is 15.2. The van der Waals surface area contributed by atoms with Gasteiger partial charge in [-0.25, -0.2) is 4.39 Å². The van der Waals surface area contributed by atoms with E-state index in [1.807, 2.05) is 48.7 Å². The minimum Gasteiger partial charge on any atom is -0.374 e. The van der Waals surface area contributed by atoms with E-state index in [2.05, 4.69) is 32.2 Å². The Hall–Kier alpha value is -3.22. The lowest BCUT2D eigenvalue weighted by Crippen LogP contribution is -2.44. The number of tetrazole rings is 1. The van der Waals surface area contributed by atoms with Gasteiger partial charge in [0.05, 0.1) is 5.69 Å². The minimum atomic E-state index is -0.202. The summed E-state index contributed by atoms with van der Waals surface area (Å²) in [7, 11) is 0. The van der Waals surface area contributed by atoms with Crippen LogP contribution in [0.1, 0.15) is 11.4 Å². The first-order valence-corrected chi connectivity index (χ1v) is 8.97. The molecule has 4 rings (SSSR count). The molecule has 27 heavy (non-hydrogen) atoms. The fourth-order valence-corrected chi connectivity index (χ4v) is 3.12. The second-order valence-electron chi connectivity index (χ2n) is 6.60. The second-order valence-corrected chi connectivity index (χ2v) is 6.60. The molecule has 0 radical (unpaired) electrons. The third-order valence-corrected chi connectivity index (χ3v) is 4.71. The third kappa shape index (κ3) is 3.97. The molecule has 3 aromatic rings. The van der Waals surface area contributed by atoms with Crippen molar-refractivity contribution in [2.45, 2.75) is 6.92 Å². The average molecular weight is 364 g/mol. The normalized spacial score (nSPS) is 14.9. The number of halogens is 1. The summed E-state index contributed by atoms with van der Waals surface area (Å²) in [5.41, 5.74) is 3.19. The van der Waals surface area contributed by atoms with E-state index in [1.54, 1.807) is 4.68 Å². The Bertz CT molecular complexity index is 908. The molecule has 0 spiro atoms. The number of aromatic nitrogens is 4. The van der Waals surface area contributed by atoms with Crippen molar-refractivity contribution in [2.24, 2.45) is 0 Å². The van der Waals surface area contributed by atoms with Crippen molar-refractivity contribution in [3.63, 3.8) is 0 Å². The van der Waals surface area contributed by atoms with Gasteiger partial charge in [0.15, 0.2) is 5.82 Å². The number of benzene rings is 2. The number of anilines is 1. The number of nitrogens with zero attached hydrogens (tertiary/aromatic N) is 6. The summed E-state index contributed by atoms with van der Waals surface area (Å²) in [6.45, 7) is 5.60. The van der Waals surface area contributed by atoms with Crippen LogP contribution in [0.2, 0.25) is 0 Å². The number of piperazine rings is 1. The van der Waals surface area contributed by atoms with Crippen LogP contribution in [-0.4, -0.2) is 51.3 Å². The van der Waals surface area contributed by atoms with Gasteiger partial charge in [0.2, 0.25) is 0 Å². The van der Waals surface area contributed by atoms with Gasteiger partial charge in [-0.05, 0) is 53.7 Å². The molecule has 1 aliphatic heterocycles. The molecule has 0 aliphatic carbocycles. The van der Waals surface area contributed by atoms with Crippen molar-refractivity contribution in [1.29, 1.82) is 0 Å². The topological polar surface area (TPSA) is 50.1 Å². The molecule has 138 valence electrons. The first-order valence-electron chi connectivity index (χ1n) is 8.97. The summed E-state index contributed by atoms with van der Waals surface area (Å²) in [6.07, 6.45) is 3.98. The maximum atomic E-state index is 13.1. The van der Waals surface area contributed by atoms with E-state index in [0.29, 0.717) is 5.82 Å². The van der Waals surface area contributed by atoms with Crippen LogP contribution >= 0.6 is 0 Å². The van der Waals surface area contributed by atoms with Gasteiger partial charge in [0.25, 0.3) is 0 Å². The monoisotopic (exact) mass is 364 g/mol. The van der Waals surface area contributed by atoms with Crippen LogP contribution in [0.5, 0.6) is 0 Å². The highest BCUT2D eigenvalue weighted by molar-refractivity contribution is 5.47. The van der Waals surface area contributed by atoms with Crippen LogP contribution in [0.3, 0.4) is 0 Å². The molecule has 0 unspecified atom stereocenters. The molecular formula is C20H21FN6. The maximum Gasteiger partial charge on any atom is 0.181 e.